The molecule has 0 aliphatic rings. The van der Waals surface area contributed by atoms with Crippen molar-refractivity contribution in [3.63, 3.8) is 0 Å². The van der Waals surface area contributed by atoms with E-state index in [4.69, 9.17) is 0 Å². The van der Waals surface area contributed by atoms with E-state index < -0.39 is 0 Å². The lowest BCUT2D eigenvalue weighted by molar-refractivity contribution is 0.597. The Kier molecular flexibility index (Phi) is 3.51. The molecule has 0 saturated carbocycles. The van der Waals surface area contributed by atoms with Crippen LogP contribution in [0, 0.1) is 5.92 Å². The molecule has 3 heteroatoms. The molecule has 0 bridgehead atoms. The molecule has 0 radical (unpaired) electrons. The molecule has 66 valence electrons. The van der Waals surface area contributed by atoms with Gasteiger partial charge in [-0.05, 0) is 12.3 Å². The molecule has 0 aliphatic carbocycles. The smallest absolute Gasteiger partial charge is 0.147 e. The van der Waals surface area contributed by atoms with Gasteiger partial charge in [0.2, 0.25) is 0 Å². The van der Waals surface area contributed by atoms with Crippen LogP contribution in [0.25, 0.3) is 0 Å². The van der Waals surface area contributed by atoms with Gasteiger partial charge in [-0.1, -0.05) is 13.8 Å². The van der Waals surface area contributed by atoms with Crippen LogP contribution in [0.5, 0.6) is 0 Å². The van der Waals surface area contributed by atoms with Crippen LogP contribution < -0.4 is 0 Å². The molecule has 1 N–H and O–H groups in total. The van der Waals surface area contributed by atoms with Crippen molar-refractivity contribution in [1.82, 2.24) is 9.97 Å². The maximum absolute atomic E-state index is 4.24. The zero-order chi connectivity index (χ0) is 8.81. The van der Waals surface area contributed by atoms with Crippen molar-refractivity contribution in [1.29, 1.82) is 0 Å². The normalized spacial score (nSPS) is 11.6. The van der Waals surface area contributed by atoms with Gasteiger partial charge in [-0.3, -0.25) is 4.99 Å². The molecule has 3 nitrogen and oxygen atoms in total. The average Bonchev–Trinajstić information content (AvgIpc) is 2.49. The molecule has 0 aromatic carbocycles. The molecule has 0 amide bonds. The van der Waals surface area contributed by atoms with Gasteiger partial charge in [-0.2, -0.15) is 0 Å². The van der Waals surface area contributed by atoms with Gasteiger partial charge in [0.1, 0.15) is 5.82 Å². The van der Waals surface area contributed by atoms with Crippen molar-refractivity contribution in [2.45, 2.75) is 20.3 Å². The second-order valence-electron chi connectivity index (χ2n) is 3.19. The van der Waals surface area contributed by atoms with E-state index in [-0.39, 0.29) is 0 Å². The lowest BCUT2D eigenvalue weighted by Crippen LogP contribution is -1.92. The van der Waals surface area contributed by atoms with E-state index >= 15 is 0 Å². The molecule has 1 heterocycles. The molecule has 0 aliphatic heterocycles. The number of aromatic nitrogens is 2. The topological polar surface area (TPSA) is 41.0 Å². The van der Waals surface area contributed by atoms with Crippen LogP contribution in [0.1, 0.15) is 26.1 Å². The Balaban J connectivity index is 2.23. The molecule has 0 spiro atoms. The molecule has 1 aromatic rings. The monoisotopic (exact) mass is 165 g/mol. The summed E-state index contributed by atoms with van der Waals surface area (Å²) < 4.78 is 0. The number of aromatic amines is 1. The van der Waals surface area contributed by atoms with Crippen LogP contribution in [0.3, 0.4) is 0 Å². The van der Waals surface area contributed by atoms with Crippen LogP contribution in [-0.2, 0) is 0 Å². The highest BCUT2D eigenvalue weighted by atomic mass is 14.9. The maximum atomic E-state index is 4.24. The minimum Gasteiger partial charge on any atom is -0.344 e. The summed E-state index contributed by atoms with van der Waals surface area (Å²) in [6.07, 6.45) is 6.44. The first-order valence-corrected chi connectivity index (χ1v) is 4.28. The molecule has 0 unspecified atom stereocenters. The maximum Gasteiger partial charge on any atom is 0.147 e. The number of hydrogen-bond donors (Lipinski definition) is 1. The van der Waals surface area contributed by atoms with Crippen LogP contribution in [-0.4, -0.2) is 22.7 Å². The molecule has 0 saturated heterocycles. The van der Waals surface area contributed by atoms with Gasteiger partial charge in [0, 0.05) is 18.9 Å². The zero-order valence-corrected chi connectivity index (χ0v) is 7.62. The SMILES string of the molecule is CC(C)CCN=Cc1ncc[nH]1. The fraction of sp³-hybridized carbons (Fsp3) is 0.556. The molecule has 1 aromatic heterocycles. The van der Waals surface area contributed by atoms with E-state index in [2.05, 4.69) is 28.8 Å². The standard InChI is InChI=1S/C9H15N3/c1-8(2)3-4-10-7-9-11-5-6-12-9/h5-8H,3-4H2,1-2H3,(H,11,12). The number of nitrogens with zero attached hydrogens (tertiary/aromatic N) is 2. The largest absolute Gasteiger partial charge is 0.344 e. The van der Waals surface area contributed by atoms with Crippen LogP contribution >= 0.6 is 0 Å². The first-order valence-electron chi connectivity index (χ1n) is 4.28. The average molecular weight is 165 g/mol. The third-order valence-corrected chi connectivity index (χ3v) is 1.57. The Morgan fingerprint density at radius 2 is 2.50 bits per heavy atom. The minimum atomic E-state index is 0.721. The molecule has 0 fully saturated rings. The van der Waals surface area contributed by atoms with E-state index in [1.54, 1.807) is 18.6 Å². The second kappa shape index (κ2) is 4.70. The fourth-order valence-corrected chi connectivity index (χ4v) is 0.832. The van der Waals surface area contributed by atoms with Gasteiger partial charge in [0.05, 0.1) is 6.21 Å². The third kappa shape index (κ3) is 3.32. The highest BCUT2D eigenvalue weighted by molar-refractivity contribution is 5.74. The quantitative estimate of drug-likeness (QED) is 0.680. The van der Waals surface area contributed by atoms with Gasteiger partial charge < -0.3 is 4.98 Å². The van der Waals surface area contributed by atoms with E-state index in [0.29, 0.717) is 0 Å². The molecule has 0 atom stereocenters. The molecule has 12 heavy (non-hydrogen) atoms. The second-order valence-corrected chi connectivity index (χ2v) is 3.19. The van der Waals surface area contributed by atoms with E-state index in [1.165, 1.54) is 0 Å². The summed E-state index contributed by atoms with van der Waals surface area (Å²) in [5.74, 6) is 1.55. The third-order valence-electron chi connectivity index (χ3n) is 1.57. The first-order chi connectivity index (χ1) is 5.79. The first kappa shape index (κ1) is 8.97. The van der Waals surface area contributed by atoms with Crippen LogP contribution in [0.4, 0.5) is 0 Å². The molecular weight excluding hydrogens is 150 g/mol. The predicted molar refractivity (Wildman–Crippen MR) is 50.5 cm³/mol. The summed E-state index contributed by atoms with van der Waals surface area (Å²) in [6.45, 7) is 5.28. The molecule has 1 rings (SSSR count). The number of imidazole rings is 1. The Bertz CT molecular complexity index is 224. The Labute approximate surface area is 72.9 Å². The Morgan fingerprint density at radius 1 is 1.67 bits per heavy atom. The van der Waals surface area contributed by atoms with E-state index in [9.17, 15) is 0 Å². The van der Waals surface area contributed by atoms with Crippen molar-refractivity contribution in [3.8, 4) is 0 Å². The van der Waals surface area contributed by atoms with Crippen molar-refractivity contribution in [3.05, 3.63) is 18.2 Å². The summed E-state index contributed by atoms with van der Waals surface area (Å²) in [5, 5.41) is 0. The van der Waals surface area contributed by atoms with Gasteiger partial charge in [-0.25, -0.2) is 4.98 Å². The van der Waals surface area contributed by atoms with Gasteiger partial charge in [0.15, 0.2) is 0 Å². The van der Waals surface area contributed by atoms with Crippen molar-refractivity contribution < 1.29 is 0 Å². The molecular formula is C9H15N3. The summed E-state index contributed by atoms with van der Waals surface area (Å²) in [7, 11) is 0. The summed E-state index contributed by atoms with van der Waals surface area (Å²) in [6, 6.07) is 0. The lowest BCUT2D eigenvalue weighted by atomic mass is 10.1. The summed E-state index contributed by atoms with van der Waals surface area (Å²) in [4.78, 5) is 11.2. The number of aliphatic imine (C=N–C) groups is 1. The van der Waals surface area contributed by atoms with Crippen molar-refractivity contribution >= 4 is 6.21 Å². The number of hydrogen-bond acceptors (Lipinski definition) is 2. The zero-order valence-electron chi connectivity index (χ0n) is 7.62. The van der Waals surface area contributed by atoms with Gasteiger partial charge in [-0.15, -0.1) is 0 Å². The Morgan fingerprint density at radius 3 is 3.08 bits per heavy atom. The van der Waals surface area contributed by atoms with Gasteiger partial charge >= 0.3 is 0 Å². The Hall–Kier alpha value is -1.12. The fourth-order valence-electron chi connectivity index (χ4n) is 0.832. The summed E-state index contributed by atoms with van der Waals surface area (Å²) >= 11 is 0. The number of H-pyrrole nitrogens is 1. The van der Waals surface area contributed by atoms with E-state index in [1.807, 2.05) is 0 Å². The number of nitrogens with one attached hydrogen (secondary N) is 1. The van der Waals surface area contributed by atoms with Crippen LogP contribution in [0.2, 0.25) is 0 Å². The van der Waals surface area contributed by atoms with Gasteiger partial charge in [0.25, 0.3) is 0 Å². The summed E-state index contributed by atoms with van der Waals surface area (Å²) in [5.41, 5.74) is 0. The number of rotatable bonds is 4. The predicted octanol–water partition coefficient (Wildman–Crippen LogP) is 1.87. The highest BCUT2D eigenvalue weighted by Crippen LogP contribution is 1.98. The minimum absolute atomic E-state index is 0.721. The van der Waals surface area contributed by atoms with Crippen LogP contribution in [0.15, 0.2) is 17.4 Å². The highest BCUT2D eigenvalue weighted by Gasteiger charge is 1.90. The lowest BCUT2D eigenvalue weighted by Gasteiger charge is -1.97. The van der Waals surface area contributed by atoms with Crippen molar-refractivity contribution in [2.24, 2.45) is 10.9 Å². The van der Waals surface area contributed by atoms with E-state index in [0.717, 1.165) is 24.7 Å². The van der Waals surface area contributed by atoms with Crippen molar-refractivity contribution in [2.75, 3.05) is 6.54 Å².